The molecule has 0 bridgehead atoms. The molecule has 0 radical (unpaired) electrons. The van der Waals surface area contributed by atoms with E-state index in [1.807, 2.05) is 32.0 Å². The summed E-state index contributed by atoms with van der Waals surface area (Å²) in [6.45, 7) is 6.77. The summed E-state index contributed by atoms with van der Waals surface area (Å²) in [4.78, 5) is 15.0. The third-order valence-corrected chi connectivity index (χ3v) is 7.67. The number of sulfonamides is 1. The lowest BCUT2D eigenvalue weighted by Crippen LogP contribution is -2.48. The summed E-state index contributed by atoms with van der Waals surface area (Å²) in [6, 6.07) is 14.8. The fraction of sp³-hybridized carbons (Fsp3) is 0.435. The van der Waals surface area contributed by atoms with Gasteiger partial charge in [0.1, 0.15) is 0 Å². The molecule has 166 valence electrons. The average Bonchev–Trinajstić information content (AvgIpc) is 3.03. The van der Waals surface area contributed by atoms with Crippen LogP contribution in [0.2, 0.25) is 0 Å². The van der Waals surface area contributed by atoms with E-state index in [1.165, 1.54) is 9.87 Å². The van der Waals surface area contributed by atoms with E-state index in [0.717, 1.165) is 12.1 Å². The van der Waals surface area contributed by atoms with Gasteiger partial charge in [0, 0.05) is 30.5 Å². The molecule has 3 atom stereocenters. The molecule has 2 aromatic rings. The quantitative estimate of drug-likeness (QED) is 0.769. The van der Waals surface area contributed by atoms with Crippen LogP contribution in [-0.4, -0.2) is 56.5 Å². The number of amides is 1. The van der Waals surface area contributed by atoms with Crippen LogP contribution >= 0.6 is 0 Å². The minimum absolute atomic E-state index is 0.130. The SMILES string of the molecule is CC1CN(S(=O)(=O)c2ccc(NC(=O)CN3c4ccccc4CC3C)cc2)CC(C)O1. The lowest BCUT2D eigenvalue weighted by molar-refractivity contribution is -0.115. The number of hydrogen-bond donors (Lipinski definition) is 1. The van der Waals surface area contributed by atoms with Gasteiger partial charge in [-0.25, -0.2) is 8.42 Å². The molecule has 3 unspecified atom stereocenters. The van der Waals surface area contributed by atoms with Crippen molar-refractivity contribution in [3.63, 3.8) is 0 Å². The number of nitrogens with one attached hydrogen (secondary N) is 1. The summed E-state index contributed by atoms with van der Waals surface area (Å²) in [6.07, 6.45) is 0.639. The molecule has 2 aliphatic rings. The van der Waals surface area contributed by atoms with Crippen LogP contribution in [0, 0.1) is 0 Å². The monoisotopic (exact) mass is 443 g/mol. The number of anilines is 2. The summed E-state index contributed by atoms with van der Waals surface area (Å²) in [5.41, 5.74) is 2.93. The van der Waals surface area contributed by atoms with E-state index in [-0.39, 0.29) is 35.6 Å². The second-order valence-electron chi connectivity index (χ2n) is 8.46. The molecule has 1 N–H and O–H groups in total. The molecule has 0 spiro atoms. The van der Waals surface area contributed by atoms with Gasteiger partial charge in [0.2, 0.25) is 15.9 Å². The van der Waals surface area contributed by atoms with Crippen LogP contribution in [0.15, 0.2) is 53.4 Å². The highest BCUT2D eigenvalue weighted by molar-refractivity contribution is 7.89. The van der Waals surface area contributed by atoms with Crippen molar-refractivity contribution in [3.8, 4) is 0 Å². The number of rotatable bonds is 5. The maximum absolute atomic E-state index is 13.0. The van der Waals surface area contributed by atoms with Crippen molar-refractivity contribution in [2.24, 2.45) is 0 Å². The number of morpholine rings is 1. The molecule has 1 saturated heterocycles. The van der Waals surface area contributed by atoms with Gasteiger partial charge in [-0.05, 0) is 63.1 Å². The van der Waals surface area contributed by atoms with Gasteiger partial charge >= 0.3 is 0 Å². The van der Waals surface area contributed by atoms with E-state index in [1.54, 1.807) is 24.3 Å². The van der Waals surface area contributed by atoms with Crippen LogP contribution in [0.1, 0.15) is 26.3 Å². The Morgan fingerprint density at radius 3 is 2.35 bits per heavy atom. The number of ether oxygens (including phenoxy) is 1. The molecule has 0 aliphatic carbocycles. The summed E-state index contributed by atoms with van der Waals surface area (Å²) >= 11 is 0. The van der Waals surface area contributed by atoms with Gasteiger partial charge in [-0.15, -0.1) is 0 Å². The molecule has 8 heteroatoms. The maximum Gasteiger partial charge on any atom is 0.243 e. The van der Waals surface area contributed by atoms with Gasteiger partial charge in [0.05, 0.1) is 23.6 Å². The van der Waals surface area contributed by atoms with Gasteiger partial charge in [-0.3, -0.25) is 4.79 Å². The van der Waals surface area contributed by atoms with Crippen LogP contribution in [0.5, 0.6) is 0 Å². The first kappa shape index (κ1) is 21.8. The highest BCUT2D eigenvalue weighted by Gasteiger charge is 2.32. The number of para-hydroxylation sites is 1. The van der Waals surface area contributed by atoms with Crippen LogP contribution < -0.4 is 10.2 Å². The second-order valence-corrected chi connectivity index (χ2v) is 10.4. The van der Waals surface area contributed by atoms with E-state index in [4.69, 9.17) is 4.74 Å². The predicted molar refractivity (Wildman–Crippen MR) is 121 cm³/mol. The largest absolute Gasteiger partial charge is 0.373 e. The Balaban J connectivity index is 1.41. The molecule has 2 aromatic carbocycles. The zero-order valence-electron chi connectivity index (χ0n) is 18.1. The Kier molecular flexibility index (Phi) is 6.05. The first-order valence-corrected chi connectivity index (χ1v) is 12.1. The normalized spacial score (nSPS) is 24.1. The number of carbonyl (C=O) groups is 1. The van der Waals surface area contributed by atoms with Crippen molar-refractivity contribution in [2.45, 2.75) is 50.3 Å². The summed E-state index contributed by atoms with van der Waals surface area (Å²) < 4.78 is 33.0. The molecule has 2 heterocycles. The Morgan fingerprint density at radius 2 is 1.68 bits per heavy atom. The molecular formula is C23H29N3O4S. The first-order valence-electron chi connectivity index (χ1n) is 10.6. The topological polar surface area (TPSA) is 79.0 Å². The van der Waals surface area contributed by atoms with E-state index in [9.17, 15) is 13.2 Å². The van der Waals surface area contributed by atoms with Crippen molar-refractivity contribution in [3.05, 3.63) is 54.1 Å². The Labute approximate surface area is 184 Å². The lowest BCUT2D eigenvalue weighted by Gasteiger charge is -2.34. The lowest BCUT2D eigenvalue weighted by atomic mass is 10.1. The van der Waals surface area contributed by atoms with Gasteiger partial charge in [0.25, 0.3) is 0 Å². The molecule has 31 heavy (non-hydrogen) atoms. The zero-order valence-corrected chi connectivity index (χ0v) is 18.9. The van der Waals surface area contributed by atoms with E-state index >= 15 is 0 Å². The van der Waals surface area contributed by atoms with Crippen molar-refractivity contribution in [1.82, 2.24) is 4.31 Å². The standard InChI is InChI=1S/C23H29N3O4S/c1-16-12-19-6-4-5-7-22(19)26(16)15-23(27)24-20-8-10-21(11-9-20)31(28,29)25-13-17(2)30-18(3)14-25/h4-11,16-18H,12-15H2,1-3H3,(H,24,27). The maximum atomic E-state index is 13.0. The first-order chi connectivity index (χ1) is 14.7. The average molecular weight is 444 g/mol. The fourth-order valence-electron chi connectivity index (χ4n) is 4.41. The summed E-state index contributed by atoms with van der Waals surface area (Å²) in [5.74, 6) is -0.130. The molecule has 1 amide bonds. The molecule has 2 aliphatic heterocycles. The molecule has 4 rings (SSSR count). The Hall–Kier alpha value is -2.42. The van der Waals surface area contributed by atoms with Gasteiger partial charge in [0.15, 0.2) is 0 Å². The smallest absolute Gasteiger partial charge is 0.243 e. The number of fused-ring (bicyclic) bond motifs is 1. The van der Waals surface area contributed by atoms with Crippen molar-refractivity contribution in [2.75, 3.05) is 29.9 Å². The fourth-order valence-corrected chi connectivity index (χ4v) is 6.00. The van der Waals surface area contributed by atoms with E-state index < -0.39 is 10.0 Å². The Morgan fingerprint density at radius 1 is 1.03 bits per heavy atom. The molecule has 1 fully saturated rings. The van der Waals surface area contributed by atoms with Crippen molar-refractivity contribution < 1.29 is 17.9 Å². The predicted octanol–water partition coefficient (Wildman–Crippen LogP) is 2.87. The number of hydrogen-bond acceptors (Lipinski definition) is 5. The minimum Gasteiger partial charge on any atom is -0.373 e. The minimum atomic E-state index is -3.60. The van der Waals surface area contributed by atoms with Crippen LogP contribution in [0.3, 0.4) is 0 Å². The second kappa shape index (κ2) is 8.61. The Bertz CT molecular complexity index is 1040. The zero-order chi connectivity index (χ0) is 22.2. The summed E-state index contributed by atoms with van der Waals surface area (Å²) in [7, 11) is -3.60. The van der Waals surface area contributed by atoms with Crippen molar-refractivity contribution >= 4 is 27.3 Å². The van der Waals surface area contributed by atoms with E-state index in [0.29, 0.717) is 18.8 Å². The van der Waals surface area contributed by atoms with Gasteiger partial charge < -0.3 is 15.0 Å². The summed E-state index contributed by atoms with van der Waals surface area (Å²) in [5, 5.41) is 2.88. The van der Waals surface area contributed by atoms with Crippen molar-refractivity contribution in [1.29, 1.82) is 0 Å². The number of benzene rings is 2. The molecule has 0 aromatic heterocycles. The van der Waals surface area contributed by atoms with Gasteiger partial charge in [-0.2, -0.15) is 4.31 Å². The third-order valence-electron chi connectivity index (χ3n) is 5.82. The highest BCUT2D eigenvalue weighted by Crippen LogP contribution is 2.31. The highest BCUT2D eigenvalue weighted by atomic mass is 32.2. The van der Waals surface area contributed by atoms with Crippen LogP contribution in [-0.2, 0) is 26.0 Å². The molecular weight excluding hydrogens is 414 g/mol. The van der Waals surface area contributed by atoms with E-state index in [2.05, 4.69) is 23.2 Å². The third kappa shape index (κ3) is 4.61. The van der Waals surface area contributed by atoms with Crippen LogP contribution in [0.25, 0.3) is 0 Å². The van der Waals surface area contributed by atoms with Crippen LogP contribution in [0.4, 0.5) is 11.4 Å². The molecule has 7 nitrogen and oxygen atoms in total. The number of nitrogens with zero attached hydrogens (tertiary/aromatic N) is 2. The number of carbonyl (C=O) groups excluding carboxylic acids is 1. The molecule has 0 saturated carbocycles. The van der Waals surface area contributed by atoms with Gasteiger partial charge in [-0.1, -0.05) is 18.2 Å².